The highest BCUT2D eigenvalue weighted by Gasteiger charge is 2.19. The van der Waals surface area contributed by atoms with Crippen LogP contribution >= 0.6 is 12.6 Å². The minimum Gasteiger partial charge on any atom is -0.379 e. The molecule has 2 rings (SSSR count). The van der Waals surface area contributed by atoms with Gasteiger partial charge in [0.15, 0.2) is 0 Å². The van der Waals surface area contributed by atoms with E-state index < -0.39 is 0 Å². The van der Waals surface area contributed by atoms with Gasteiger partial charge in [-0.3, -0.25) is 0 Å². The van der Waals surface area contributed by atoms with Crippen molar-refractivity contribution in [3.05, 3.63) is 29.8 Å². The molecule has 0 amide bonds. The average molecular weight is 260 g/mol. The Morgan fingerprint density at radius 2 is 1.83 bits per heavy atom. The van der Waals surface area contributed by atoms with Crippen LogP contribution in [0, 0.1) is 17.8 Å². The van der Waals surface area contributed by atoms with Crippen molar-refractivity contribution in [3.63, 3.8) is 0 Å². The zero-order valence-electron chi connectivity index (χ0n) is 10.9. The first kappa shape index (κ1) is 13.5. The molecule has 1 aliphatic rings. The maximum Gasteiger partial charge on any atom is 0.0575 e. The van der Waals surface area contributed by atoms with E-state index >= 15 is 0 Å². The third-order valence-corrected chi connectivity index (χ3v) is 3.66. The predicted molar refractivity (Wildman–Crippen MR) is 77.9 cm³/mol. The Hall–Kier alpha value is -0.910. The van der Waals surface area contributed by atoms with E-state index in [2.05, 4.69) is 31.4 Å². The van der Waals surface area contributed by atoms with Crippen LogP contribution in [0.2, 0.25) is 0 Å². The summed E-state index contributed by atoms with van der Waals surface area (Å²) < 4.78 is 5.65. The molecule has 1 nitrogen and oxygen atoms in total. The largest absolute Gasteiger partial charge is 0.379 e. The van der Waals surface area contributed by atoms with Crippen LogP contribution < -0.4 is 0 Å². The zero-order valence-corrected chi connectivity index (χ0v) is 11.7. The van der Waals surface area contributed by atoms with Crippen LogP contribution in [-0.4, -0.2) is 12.7 Å². The van der Waals surface area contributed by atoms with Gasteiger partial charge in [0.05, 0.1) is 6.10 Å². The zero-order chi connectivity index (χ0) is 12.8. The Morgan fingerprint density at radius 1 is 1.17 bits per heavy atom. The fraction of sp³-hybridized carbons (Fsp3) is 0.500. The Balaban J connectivity index is 1.86. The molecule has 0 radical (unpaired) electrons. The summed E-state index contributed by atoms with van der Waals surface area (Å²) in [5.41, 5.74) is 1.08. The van der Waals surface area contributed by atoms with Crippen LogP contribution in [0.4, 0.5) is 0 Å². The van der Waals surface area contributed by atoms with Gasteiger partial charge in [0.1, 0.15) is 0 Å². The van der Waals surface area contributed by atoms with E-state index in [1.54, 1.807) is 0 Å². The van der Waals surface area contributed by atoms with Gasteiger partial charge in [0, 0.05) is 23.0 Å². The summed E-state index contributed by atoms with van der Waals surface area (Å²) >= 11 is 4.27. The second kappa shape index (κ2) is 6.87. The average Bonchev–Trinajstić information content (AvgIpc) is 2.40. The number of rotatable bonds is 2. The minimum atomic E-state index is 0.469. The van der Waals surface area contributed by atoms with E-state index in [4.69, 9.17) is 4.74 Å². The van der Waals surface area contributed by atoms with Crippen molar-refractivity contribution >= 4 is 12.6 Å². The van der Waals surface area contributed by atoms with Gasteiger partial charge in [-0.2, -0.15) is 0 Å². The summed E-state index contributed by atoms with van der Waals surface area (Å²) in [4.78, 5) is 0.984. The molecule has 0 N–H and O–H groups in total. The Labute approximate surface area is 115 Å². The van der Waals surface area contributed by atoms with Gasteiger partial charge < -0.3 is 4.74 Å². The van der Waals surface area contributed by atoms with E-state index in [1.165, 1.54) is 12.8 Å². The minimum absolute atomic E-state index is 0.469. The lowest BCUT2D eigenvalue weighted by atomic mass is 9.87. The number of ether oxygens (including phenoxy) is 1. The molecule has 0 unspecified atom stereocenters. The number of thiol groups is 1. The van der Waals surface area contributed by atoms with Crippen LogP contribution in [0.25, 0.3) is 0 Å². The first-order valence-corrected chi connectivity index (χ1v) is 7.15. The summed E-state index contributed by atoms with van der Waals surface area (Å²) in [7, 11) is 0. The smallest absolute Gasteiger partial charge is 0.0575 e. The molecule has 1 fully saturated rings. The van der Waals surface area contributed by atoms with Crippen LogP contribution in [0.15, 0.2) is 29.2 Å². The SMILES string of the molecule is CCOC1CCC(C#Cc2ccc(S)cc2)CC1. The molecule has 1 aromatic carbocycles. The number of hydrogen-bond acceptors (Lipinski definition) is 2. The second-order valence-electron chi connectivity index (χ2n) is 4.75. The molecule has 96 valence electrons. The topological polar surface area (TPSA) is 9.23 Å². The van der Waals surface area contributed by atoms with Gasteiger partial charge in [-0.25, -0.2) is 0 Å². The molecular weight excluding hydrogens is 240 g/mol. The van der Waals surface area contributed by atoms with Crippen molar-refractivity contribution in [3.8, 4) is 11.8 Å². The van der Waals surface area contributed by atoms with E-state index in [9.17, 15) is 0 Å². The van der Waals surface area contributed by atoms with Gasteiger partial charge in [0.25, 0.3) is 0 Å². The standard InChI is InChI=1S/C16H20OS/c1-2-17-15-9-5-13(6-10-15)3-4-14-7-11-16(18)12-8-14/h7-8,11-13,15,18H,2,5-6,9-10H2,1H3. The lowest BCUT2D eigenvalue weighted by molar-refractivity contribution is 0.0310. The molecule has 1 saturated carbocycles. The molecule has 0 saturated heterocycles. The predicted octanol–water partition coefficient (Wildman–Crippen LogP) is 3.92. The first-order chi connectivity index (χ1) is 8.78. The van der Waals surface area contributed by atoms with Crippen LogP contribution in [0.3, 0.4) is 0 Å². The van der Waals surface area contributed by atoms with Crippen LogP contribution in [0.1, 0.15) is 38.2 Å². The molecule has 1 aromatic rings. The molecule has 0 bridgehead atoms. The normalized spacial score (nSPS) is 23.2. The molecule has 0 atom stereocenters. The Bertz CT molecular complexity index is 419. The molecule has 2 heteroatoms. The summed E-state index contributed by atoms with van der Waals surface area (Å²) in [5, 5.41) is 0. The van der Waals surface area contributed by atoms with Crippen molar-refractivity contribution in [1.29, 1.82) is 0 Å². The highest BCUT2D eigenvalue weighted by atomic mass is 32.1. The molecule has 18 heavy (non-hydrogen) atoms. The fourth-order valence-corrected chi connectivity index (χ4v) is 2.49. The summed E-state index contributed by atoms with van der Waals surface area (Å²) in [6.45, 7) is 2.90. The van der Waals surface area contributed by atoms with Crippen molar-refractivity contribution in [2.45, 2.75) is 43.6 Å². The molecule has 1 aliphatic carbocycles. The summed E-state index contributed by atoms with van der Waals surface area (Å²) in [5.74, 6) is 7.19. The Morgan fingerprint density at radius 3 is 2.44 bits per heavy atom. The van der Waals surface area contributed by atoms with E-state index in [1.807, 2.05) is 24.3 Å². The van der Waals surface area contributed by atoms with E-state index in [0.717, 1.165) is 29.9 Å². The first-order valence-electron chi connectivity index (χ1n) is 6.70. The van der Waals surface area contributed by atoms with Gasteiger partial charge in [-0.15, -0.1) is 12.6 Å². The molecule has 0 aromatic heterocycles. The highest BCUT2D eigenvalue weighted by Crippen LogP contribution is 2.25. The quantitative estimate of drug-likeness (QED) is 0.626. The second-order valence-corrected chi connectivity index (χ2v) is 5.26. The fourth-order valence-electron chi connectivity index (χ4n) is 2.34. The molecule has 0 heterocycles. The van der Waals surface area contributed by atoms with Crippen molar-refractivity contribution in [1.82, 2.24) is 0 Å². The van der Waals surface area contributed by atoms with Crippen molar-refractivity contribution in [2.75, 3.05) is 6.61 Å². The lowest BCUT2D eigenvalue weighted by Crippen LogP contribution is -2.20. The third-order valence-electron chi connectivity index (χ3n) is 3.36. The van der Waals surface area contributed by atoms with Gasteiger partial charge in [-0.1, -0.05) is 11.8 Å². The highest BCUT2D eigenvalue weighted by molar-refractivity contribution is 7.80. The Kier molecular flexibility index (Phi) is 5.16. The number of hydrogen-bond donors (Lipinski definition) is 1. The van der Waals surface area contributed by atoms with Crippen molar-refractivity contribution in [2.24, 2.45) is 5.92 Å². The van der Waals surface area contributed by atoms with Crippen LogP contribution in [-0.2, 0) is 4.74 Å². The maximum absolute atomic E-state index is 5.65. The van der Waals surface area contributed by atoms with E-state index in [-0.39, 0.29) is 0 Å². The summed E-state index contributed by atoms with van der Waals surface area (Å²) in [6.07, 6.45) is 5.12. The van der Waals surface area contributed by atoms with Gasteiger partial charge in [0.2, 0.25) is 0 Å². The molecule has 0 spiro atoms. The van der Waals surface area contributed by atoms with Gasteiger partial charge >= 0.3 is 0 Å². The van der Waals surface area contributed by atoms with Crippen molar-refractivity contribution < 1.29 is 4.74 Å². The molecule has 0 aliphatic heterocycles. The van der Waals surface area contributed by atoms with E-state index in [0.29, 0.717) is 12.0 Å². The number of benzene rings is 1. The lowest BCUT2D eigenvalue weighted by Gasteiger charge is -2.25. The maximum atomic E-state index is 5.65. The van der Waals surface area contributed by atoms with Crippen LogP contribution in [0.5, 0.6) is 0 Å². The summed E-state index contributed by atoms with van der Waals surface area (Å²) in [6, 6.07) is 8.03. The monoisotopic (exact) mass is 260 g/mol. The third kappa shape index (κ3) is 4.08. The molecular formula is C16H20OS. The van der Waals surface area contributed by atoms with Gasteiger partial charge in [-0.05, 0) is 56.9 Å².